The van der Waals surface area contributed by atoms with Crippen LogP contribution in [-0.4, -0.2) is 38.2 Å². The van der Waals surface area contributed by atoms with Gasteiger partial charge in [-0.15, -0.1) is 0 Å². The van der Waals surface area contributed by atoms with Crippen LogP contribution in [0.4, 0.5) is 0 Å². The van der Waals surface area contributed by atoms with Crippen LogP contribution in [0.5, 0.6) is 0 Å². The molecule has 1 aliphatic rings. The first-order valence-corrected chi connectivity index (χ1v) is 6.85. The number of methoxy groups -OCH3 is 2. The molecule has 0 aromatic rings. The maximum absolute atomic E-state index is 12.1. The van der Waals surface area contributed by atoms with Gasteiger partial charge in [0.05, 0.1) is 0 Å². The Bertz CT molecular complexity index is 419. The molecule has 0 bridgehead atoms. The van der Waals surface area contributed by atoms with E-state index in [0.29, 0.717) is 6.42 Å². The van der Waals surface area contributed by atoms with Crippen molar-refractivity contribution in [2.24, 2.45) is 10.8 Å². The van der Waals surface area contributed by atoms with Crippen LogP contribution in [0.3, 0.4) is 0 Å². The number of carbonyl (C=O) groups excluding carboxylic acids is 2. The maximum atomic E-state index is 12.1. The highest BCUT2D eigenvalue weighted by molar-refractivity contribution is 5.80. The molecule has 0 radical (unpaired) electrons. The third-order valence-electron chi connectivity index (χ3n) is 3.10. The number of carbonyl (C=O) groups is 2. The molecule has 8 nitrogen and oxygen atoms in total. The van der Waals surface area contributed by atoms with Crippen molar-refractivity contribution in [3.05, 3.63) is 0 Å². The molecule has 1 unspecified atom stereocenters. The molecule has 0 aromatic carbocycles. The van der Waals surface area contributed by atoms with Gasteiger partial charge in [-0.1, -0.05) is 34.6 Å². The van der Waals surface area contributed by atoms with Crippen molar-refractivity contribution in [1.29, 1.82) is 0 Å². The van der Waals surface area contributed by atoms with Gasteiger partial charge in [0, 0.05) is 19.6 Å². The molecule has 1 rings (SSSR count). The molecule has 1 atom stereocenters. The number of hydrogen-bond donors (Lipinski definition) is 0. The van der Waals surface area contributed by atoms with Crippen LogP contribution >= 0.6 is 0 Å². The van der Waals surface area contributed by atoms with E-state index in [0.717, 1.165) is 0 Å². The fraction of sp³-hybridized carbons (Fsp3) is 0.857. The van der Waals surface area contributed by atoms with Crippen LogP contribution in [0.15, 0.2) is 0 Å². The minimum absolute atomic E-state index is 0.0208. The predicted octanol–water partition coefficient (Wildman–Crippen LogP) is 1.73. The molecule has 0 aliphatic carbocycles. The largest absolute Gasteiger partial charge is 0.449 e. The van der Waals surface area contributed by atoms with E-state index >= 15 is 0 Å². The summed E-state index contributed by atoms with van der Waals surface area (Å²) in [6.45, 7) is 9.91. The third kappa shape index (κ3) is 4.64. The Morgan fingerprint density at radius 2 is 1.59 bits per heavy atom. The number of hydrogen-bond acceptors (Lipinski definition) is 8. The first-order valence-electron chi connectivity index (χ1n) is 6.85. The Hall–Kier alpha value is -1.22. The lowest BCUT2D eigenvalue weighted by Crippen LogP contribution is -2.42. The third-order valence-corrected chi connectivity index (χ3v) is 3.10. The van der Waals surface area contributed by atoms with E-state index < -0.39 is 29.4 Å². The molecule has 1 aliphatic heterocycles. The van der Waals surface area contributed by atoms with Gasteiger partial charge in [0.15, 0.2) is 6.10 Å². The molecule has 22 heavy (non-hydrogen) atoms. The van der Waals surface area contributed by atoms with Crippen molar-refractivity contribution in [2.75, 3.05) is 14.2 Å². The fourth-order valence-corrected chi connectivity index (χ4v) is 2.62. The molecule has 0 saturated carbocycles. The average molecular weight is 320 g/mol. The molecule has 8 heteroatoms. The van der Waals surface area contributed by atoms with E-state index in [1.807, 2.05) is 13.8 Å². The molecule has 1 saturated heterocycles. The highest BCUT2D eigenvalue weighted by Gasteiger charge is 2.62. The molecular formula is C14H24O8. The summed E-state index contributed by atoms with van der Waals surface area (Å²) >= 11 is 0. The van der Waals surface area contributed by atoms with E-state index in [1.54, 1.807) is 0 Å². The van der Waals surface area contributed by atoms with Crippen molar-refractivity contribution in [2.45, 2.75) is 53.1 Å². The second kappa shape index (κ2) is 6.49. The standard InChI is InChI=1S/C14H24O8/c1-12(2,3)8-13(4,5)9(17-6)10(15)19-20-11(16)14(18-7)21-22-14/h9H,8H2,1-7H3. The molecule has 1 fully saturated rings. The molecule has 0 N–H and O–H groups in total. The van der Waals surface area contributed by atoms with E-state index in [1.165, 1.54) is 14.2 Å². The Morgan fingerprint density at radius 1 is 1.05 bits per heavy atom. The molecule has 0 spiro atoms. The minimum atomic E-state index is -1.94. The molecule has 0 aromatic heterocycles. The first kappa shape index (κ1) is 18.8. The highest BCUT2D eigenvalue weighted by Crippen LogP contribution is 2.37. The van der Waals surface area contributed by atoms with Gasteiger partial charge < -0.3 is 9.47 Å². The van der Waals surface area contributed by atoms with Crippen LogP contribution in [0.1, 0.15) is 41.0 Å². The SMILES string of the molecule is COC(C(=O)OOC(=O)C1(OC)OO1)C(C)(C)CC(C)(C)C. The van der Waals surface area contributed by atoms with Gasteiger partial charge in [-0.25, -0.2) is 19.4 Å². The zero-order chi connectivity index (χ0) is 17.2. The average Bonchev–Trinajstić information content (AvgIpc) is 3.14. The summed E-state index contributed by atoms with van der Waals surface area (Å²) in [5.41, 5.74) is -0.547. The highest BCUT2D eigenvalue weighted by atomic mass is 17.5. The number of rotatable bonds is 6. The maximum Gasteiger partial charge on any atom is 0.449 e. The van der Waals surface area contributed by atoms with Gasteiger partial charge in [0.2, 0.25) is 0 Å². The van der Waals surface area contributed by atoms with Gasteiger partial charge in [0.25, 0.3) is 0 Å². The van der Waals surface area contributed by atoms with Crippen molar-refractivity contribution in [3.8, 4) is 0 Å². The lowest BCUT2D eigenvalue weighted by molar-refractivity contribution is -0.281. The van der Waals surface area contributed by atoms with Crippen LogP contribution in [0, 0.1) is 10.8 Å². The summed E-state index contributed by atoms with van der Waals surface area (Å²) in [5.74, 6) is -3.88. The van der Waals surface area contributed by atoms with Crippen molar-refractivity contribution < 1.29 is 38.6 Å². The Kier molecular flexibility index (Phi) is 5.56. The van der Waals surface area contributed by atoms with Crippen LogP contribution < -0.4 is 0 Å². The lowest BCUT2D eigenvalue weighted by Gasteiger charge is -2.36. The van der Waals surface area contributed by atoms with Crippen LogP contribution in [-0.2, 0) is 38.6 Å². The fourth-order valence-electron chi connectivity index (χ4n) is 2.62. The normalized spacial score (nSPS) is 18.5. The topological polar surface area (TPSA) is 96.1 Å². The predicted molar refractivity (Wildman–Crippen MR) is 72.7 cm³/mol. The Labute approximate surface area is 129 Å². The second-order valence-corrected chi connectivity index (χ2v) is 7.04. The van der Waals surface area contributed by atoms with Gasteiger partial charge >= 0.3 is 17.9 Å². The Morgan fingerprint density at radius 3 is 1.95 bits per heavy atom. The van der Waals surface area contributed by atoms with Gasteiger partial charge in [-0.3, -0.25) is 0 Å². The quantitative estimate of drug-likeness (QED) is 0.415. The number of ether oxygens (including phenoxy) is 2. The zero-order valence-electron chi connectivity index (χ0n) is 14.1. The molecular weight excluding hydrogens is 296 g/mol. The Balaban J connectivity index is 2.63. The van der Waals surface area contributed by atoms with Crippen molar-refractivity contribution >= 4 is 11.9 Å². The second-order valence-electron chi connectivity index (χ2n) is 7.04. The van der Waals surface area contributed by atoms with E-state index in [-0.39, 0.29) is 5.41 Å². The smallest absolute Gasteiger partial charge is 0.369 e. The van der Waals surface area contributed by atoms with E-state index in [2.05, 4.69) is 45.1 Å². The van der Waals surface area contributed by atoms with Crippen molar-refractivity contribution in [3.63, 3.8) is 0 Å². The molecule has 128 valence electrons. The van der Waals surface area contributed by atoms with Crippen LogP contribution in [0.2, 0.25) is 0 Å². The summed E-state index contributed by atoms with van der Waals surface area (Å²) in [6, 6.07) is 0. The molecule has 0 amide bonds. The van der Waals surface area contributed by atoms with Crippen molar-refractivity contribution in [1.82, 2.24) is 0 Å². The summed E-state index contributed by atoms with van der Waals surface area (Å²) < 4.78 is 9.84. The summed E-state index contributed by atoms with van der Waals surface area (Å²) in [6.07, 6.45) is -0.213. The zero-order valence-corrected chi connectivity index (χ0v) is 14.1. The van der Waals surface area contributed by atoms with Gasteiger partial charge in [-0.05, 0) is 11.8 Å². The van der Waals surface area contributed by atoms with E-state index in [4.69, 9.17) is 4.74 Å². The monoisotopic (exact) mass is 320 g/mol. The molecule has 1 heterocycles. The summed E-state index contributed by atoms with van der Waals surface area (Å²) in [4.78, 5) is 41.2. The summed E-state index contributed by atoms with van der Waals surface area (Å²) in [7, 11) is 2.57. The van der Waals surface area contributed by atoms with Crippen LogP contribution in [0.25, 0.3) is 0 Å². The minimum Gasteiger partial charge on any atom is -0.369 e. The summed E-state index contributed by atoms with van der Waals surface area (Å²) in [5, 5.41) is 0. The van der Waals surface area contributed by atoms with Gasteiger partial charge in [0.1, 0.15) is 0 Å². The first-order chi connectivity index (χ1) is 9.97. The lowest BCUT2D eigenvalue weighted by atomic mass is 9.73. The van der Waals surface area contributed by atoms with Gasteiger partial charge in [-0.2, -0.15) is 9.78 Å². The van der Waals surface area contributed by atoms with E-state index in [9.17, 15) is 9.59 Å².